The highest BCUT2D eigenvalue weighted by atomic mass is 35.5. The smallest absolute Gasteiger partial charge is 0.363 e. The maximum atomic E-state index is 13.2. The number of nitrogens with zero attached hydrogens (tertiary/aromatic N) is 1. The summed E-state index contributed by atoms with van der Waals surface area (Å²) >= 11 is 6.09. The molecule has 0 radical (unpaired) electrons. The van der Waals surface area contributed by atoms with Crippen LogP contribution >= 0.6 is 11.6 Å². The first kappa shape index (κ1) is 15.4. The number of benzene rings is 2. The molecule has 0 amide bonds. The quantitative estimate of drug-likeness (QED) is 0.615. The van der Waals surface area contributed by atoms with E-state index in [4.69, 9.17) is 16.3 Å². The second-order valence-electron chi connectivity index (χ2n) is 5.07. The maximum Gasteiger partial charge on any atom is 0.363 e. The first-order valence-electron chi connectivity index (χ1n) is 7.12. The molecule has 23 heavy (non-hydrogen) atoms. The summed E-state index contributed by atoms with van der Waals surface area (Å²) in [6.07, 6.45) is 2.60. The molecule has 0 atom stereocenters. The standard InChI is InChI=1S/C18H13ClFNO2/c19-15-7-2-1-5-13(15)8-9-17-21-16(18(22)23-17)11-12-4-3-6-14(20)10-12/h1-7,10-11H,8-9H2/b16-11+. The van der Waals surface area contributed by atoms with Gasteiger partial charge in [0.2, 0.25) is 0 Å². The van der Waals surface area contributed by atoms with Gasteiger partial charge in [0.1, 0.15) is 5.82 Å². The lowest BCUT2D eigenvalue weighted by Gasteiger charge is -2.02. The van der Waals surface area contributed by atoms with Gasteiger partial charge in [-0.15, -0.1) is 0 Å². The minimum absolute atomic E-state index is 0.171. The molecule has 3 rings (SSSR count). The summed E-state index contributed by atoms with van der Waals surface area (Å²) in [7, 11) is 0. The Morgan fingerprint density at radius 2 is 1.96 bits per heavy atom. The van der Waals surface area contributed by atoms with Crippen molar-refractivity contribution < 1.29 is 13.9 Å². The predicted octanol–water partition coefficient (Wildman–Crippen LogP) is 4.41. The molecule has 0 unspecified atom stereocenters. The first-order valence-corrected chi connectivity index (χ1v) is 7.50. The minimum atomic E-state index is -0.525. The molecular weight excluding hydrogens is 317 g/mol. The van der Waals surface area contributed by atoms with Crippen molar-refractivity contribution in [3.63, 3.8) is 0 Å². The zero-order chi connectivity index (χ0) is 16.2. The van der Waals surface area contributed by atoms with Gasteiger partial charge in [0, 0.05) is 11.4 Å². The summed E-state index contributed by atoms with van der Waals surface area (Å²) in [6, 6.07) is 13.4. The fourth-order valence-electron chi connectivity index (χ4n) is 2.26. The lowest BCUT2D eigenvalue weighted by atomic mass is 10.1. The molecule has 1 aliphatic rings. The van der Waals surface area contributed by atoms with Crippen molar-refractivity contribution >= 4 is 29.5 Å². The van der Waals surface area contributed by atoms with Gasteiger partial charge in [-0.3, -0.25) is 0 Å². The van der Waals surface area contributed by atoms with Crippen LogP contribution in [0, 0.1) is 5.82 Å². The van der Waals surface area contributed by atoms with E-state index in [-0.39, 0.29) is 11.5 Å². The Bertz CT molecular complexity index is 814. The first-order chi connectivity index (χ1) is 11.1. The van der Waals surface area contributed by atoms with Crippen molar-refractivity contribution in [1.82, 2.24) is 0 Å². The van der Waals surface area contributed by atoms with Gasteiger partial charge in [0.05, 0.1) is 0 Å². The highest BCUT2D eigenvalue weighted by Crippen LogP contribution is 2.21. The van der Waals surface area contributed by atoms with Crippen molar-refractivity contribution in [3.05, 3.63) is 76.2 Å². The van der Waals surface area contributed by atoms with E-state index in [1.807, 2.05) is 24.3 Å². The second-order valence-corrected chi connectivity index (χ2v) is 5.48. The molecule has 2 aromatic carbocycles. The van der Waals surface area contributed by atoms with Crippen molar-refractivity contribution in [1.29, 1.82) is 0 Å². The number of carbonyl (C=O) groups is 1. The Kier molecular flexibility index (Phi) is 4.53. The summed E-state index contributed by atoms with van der Waals surface area (Å²) in [6.45, 7) is 0. The Labute approximate surface area is 138 Å². The van der Waals surface area contributed by atoms with Gasteiger partial charge in [-0.1, -0.05) is 41.9 Å². The highest BCUT2D eigenvalue weighted by molar-refractivity contribution is 6.31. The van der Waals surface area contributed by atoms with Crippen molar-refractivity contribution in [2.45, 2.75) is 12.8 Å². The molecular formula is C18H13ClFNO2. The van der Waals surface area contributed by atoms with E-state index in [9.17, 15) is 9.18 Å². The summed E-state index contributed by atoms with van der Waals surface area (Å²) in [4.78, 5) is 16.0. The number of esters is 1. The van der Waals surface area contributed by atoms with Crippen LogP contribution in [0.5, 0.6) is 0 Å². The second kappa shape index (κ2) is 6.75. The number of ether oxygens (including phenoxy) is 1. The van der Waals surface area contributed by atoms with Gasteiger partial charge in [-0.2, -0.15) is 0 Å². The van der Waals surface area contributed by atoms with Crippen molar-refractivity contribution in [2.75, 3.05) is 0 Å². The number of rotatable bonds is 4. The number of aliphatic imine (C=N–C) groups is 1. The van der Waals surface area contributed by atoms with E-state index in [1.165, 1.54) is 18.2 Å². The number of hydrogen-bond acceptors (Lipinski definition) is 3. The van der Waals surface area contributed by atoms with Gasteiger partial charge in [-0.25, -0.2) is 14.2 Å². The van der Waals surface area contributed by atoms with Crippen molar-refractivity contribution in [2.24, 2.45) is 4.99 Å². The SMILES string of the molecule is O=C1OC(CCc2ccccc2Cl)=N/C1=C/c1cccc(F)c1. The van der Waals surface area contributed by atoms with Crippen LogP contribution in [0.15, 0.2) is 59.2 Å². The van der Waals surface area contributed by atoms with Crippen LogP contribution in [0.2, 0.25) is 5.02 Å². The molecule has 0 aromatic heterocycles. The van der Waals surface area contributed by atoms with E-state index >= 15 is 0 Å². The van der Waals surface area contributed by atoms with E-state index in [1.54, 1.807) is 12.1 Å². The van der Waals surface area contributed by atoms with E-state index in [2.05, 4.69) is 4.99 Å². The Hall–Kier alpha value is -2.46. The molecule has 1 aliphatic heterocycles. The molecule has 116 valence electrons. The summed E-state index contributed by atoms with van der Waals surface area (Å²) in [5.74, 6) is -0.547. The highest BCUT2D eigenvalue weighted by Gasteiger charge is 2.22. The molecule has 0 saturated carbocycles. The Balaban J connectivity index is 1.73. The van der Waals surface area contributed by atoms with Crippen LogP contribution in [0.25, 0.3) is 6.08 Å². The zero-order valence-corrected chi connectivity index (χ0v) is 12.9. The van der Waals surface area contributed by atoms with Crippen molar-refractivity contribution in [3.8, 4) is 0 Å². The van der Waals surface area contributed by atoms with Crippen LogP contribution in [-0.4, -0.2) is 11.9 Å². The van der Waals surface area contributed by atoms with Gasteiger partial charge >= 0.3 is 5.97 Å². The molecule has 0 N–H and O–H groups in total. The summed E-state index contributed by atoms with van der Waals surface area (Å²) in [5, 5.41) is 0.674. The number of cyclic esters (lactones) is 1. The number of hydrogen-bond donors (Lipinski definition) is 0. The van der Waals surface area contributed by atoms with Gasteiger partial charge < -0.3 is 4.74 Å². The fourth-order valence-corrected chi connectivity index (χ4v) is 2.49. The van der Waals surface area contributed by atoms with Gasteiger partial charge in [0.25, 0.3) is 0 Å². The molecule has 0 spiro atoms. The van der Waals surface area contributed by atoms with Gasteiger partial charge in [-0.05, 0) is 41.8 Å². The third-order valence-electron chi connectivity index (χ3n) is 3.38. The molecule has 2 aromatic rings. The predicted molar refractivity (Wildman–Crippen MR) is 87.7 cm³/mol. The van der Waals surface area contributed by atoms with Gasteiger partial charge in [0.15, 0.2) is 11.6 Å². The lowest BCUT2D eigenvalue weighted by molar-refractivity contribution is -0.130. The largest absolute Gasteiger partial charge is 0.407 e. The number of carbonyl (C=O) groups excluding carboxylic acids is 1. The van der Waals surface area contributed by atoms with Crippen LogP contribution in [0.1, 0.15) is 17.5 Å². The number of aryl methyl sites for hydroxylation is 1. The average molecular weight is 330 g/mol. The molecule has 0 bridgehead atoms. The normalized spacial score (nSPS) is 15.7. The third kappa shape index (κ3) is 3.85. The van der Waals surface area contributed by atoms with Crippen LogP contribution < -0.4 is 0 Å². The van der Waals surface area contributed by atoms with Crippen LogP contribution in [-0.2, 0) is 16.0 Å². The topological polar surface area (TPSA) is 38.7 Å². The zero-order valence-electron chi connectivity index (χ0n) is 12.1. The Morgan fingerprint density at radius 3 is 2.74 bits per heavy atom. The lowest BCUT2D eigenvalue weighted by Crippen LogP contribution is -2.05. The number of halogens is 2. The van der Waals surface area contributed by atoms with E-state index in [0.717, 1.165) is 5.56 Å². The molecule has 0 fully saturated rings. The maximum absolute atomic E-state index is 13.2. The molecule has 0 aliphatic carbocycles. The van der Waals surface area contributed by atoms with E-state index < -0.39 is 5.97 Å². The fraction of sp³-hybridized carbons (Fsp3) is 0.111. The summed E-state index contributed by atoms with van der Waals surface area (Å²) < 4.78 is 18.3. The minimum Gasteiger partial charge on any atom is -0.407 e. The molecule has 5 heteroatoms. The third-order valence-corrected chi connectivity index (χ3v) is 3.75. The summed E-state index contributed by atoms with van der Waals surface area (Å²) in [5.41, 5.74) is 1.70. The molecule has 0 saturated heterocycles. The average Bonchev–Trinajstić information content (AvgIpc) is 2.87. The van der Waals surface area contributed by atoms with Crippen LogP contribution in [0.3, 0.4) is 0 Å². The van der Waals surface area contributed by atoms with E-state index in [0.29, 0.717) is 29.3 Å². The van der Waals surface area contributed by atoms with Crippen LogP contribution in [0.4, 0.5) is 4.39 Å². The Morgan fingerprint density at radius 1 is 1.13 bits per heavy atom. The monoisotopic (exact) mass is 329 g/mol. The molecule has 1 heterocycles. The molecule has 3 nitrogen and oxygen atoms in total.